The summed E-state index contributed by atoms with van der Waals surface area (Å²) in [5.74, 6) is 0. The van der Waals surface area contributed by atoms with E-state index in [4.69, 9.17) is 10.7 Å². The minimum Gasteiger partial charge on any atom is -0.236 e. The lowest BCUT2D eigenvalue weighted by atomic mass is 10.3. The van der Waals surface area contributed by atoms with Gasteiger partial charge in [-0.2, -0.15) is 5.10 Å². The quantitative estimate of drug-likeness (QED) is 0.793. The largest absolute Gasteiger partial charge is 0.264 e. The van der Waals surface area contributed by atoms with E-state index in [2.05, 4.69) is 21.0 Å². The zero-order valence-electron chi connectivity index (χ0n) is 8.76. The van der Waals surface area contributed by atoms with Gasteiger partial charge in [-0.05, 0) is 35.0 Å². The van der Waals surface area contributed by atoms with Gasteiger partial charge in [0.25, 0.3) is 9.05 Å². The topological polar surface area (TPSA) is 52.0 Å². The van der Waals surface area contributed by atoms with Gasteiger partial charge >= 0.3 is 0 Å². The number of hydrogen-bond donors (Lipinski definition) is 0. The van der Waals surface area contributed by atoms with Gasteiger partial charge in [0.1, 0.15) is 4.90 Å². The summed E-state index contributed by atoms with van der Waals surface area (Å²) in [6, 6.07) is 7.39. The molecule has 1 heterocycles. The molecule has 7 heteroatoms. The number of nitrogens with zero attached hydrogens (tertiary/aromatic N) is 2. The minimum absolute atomic E-state index is 0.0231. The van der Waals surface area contributed by atoms with Crippen LogP contribution in [0, 0.1) is 6.92 Å². The third-order valence-corrected chi connectivity index (χ3v) is 4.40. The van der Waals surface area contributed by atoms with Crippen molar-refractivity contribution in [2.75, 3.05) is 0 Å². The molecular weight excluding hydrogens is 328 g/mol. The van der Waals surface area contributed by atoms with E-state index in [0.29, 0.717) is 5.69 Å². The summed E-state index contributed by atoms with van der Waals surface area (Å²) in [7, 11) is 1.55. The van der Waals surface area contributed by atoms with Crippen LogP contribution in [0.5, 0.6) is 0 Å². The Hall–Kier alpha value is -0.850. The fourth-order valence-electron chi connectivity index (χ4n) is 1.50. The van der Waals surface area contributed by atoms with Crippen molar-refractivity contribution >= 4 is 35.7 Å². The second-order valence-corrected chi connectivity index (χ2v) is 6.78. The zero-order valence-corrected chi connectivity index (χ0v) is 11.9. The van der Waals surface area contributed by atoms with Gasteiger partial charge in [-0.25, -0.2) is 13.1 Å². The molecule has 0 saturated carbocycles. The van der Waals surface area contributed by atoms with E-state index in [1.807, 2.05) is 24.3 Å². The first-order chi connectivity index (χ1) is 7.91. The van der Waals surface area contributed by atoms with E-state index >= 15 is 0 Å². The number of para-hydroxylation sites is 1. The molecule has 2 rings (SSSR count). The van der Waals surface area contributed by atoms with Crippen LogP contribution in [-0.4, -0.2) is 18.2 Å². The maximum absolute atomic E-state index is 11.3. The van der Waals surface area contributed by atoms with Crippen LogP contribution in [0.25, 0.3) is 5.69 Å². The maximum Gasteiger partial charge on any atom is 0.264 e. The number of benzene rings is 1. The predicted octanol–water partition coefficient (Wildman–Crippen LogP) is 2.87. The predicted molar refractivity (Wildman–Crippen MR) is 69.0 cm³/mol. The highest BCUT2D eigenvalue weighted by atomic mass is 79.9. The van der Waals surface area contributed by atoms with E-state index in [-0.39, 0.29) is 4.90 Å². The maximum atomic E-state index is 11.3. The van der Waals surface area contributed by atoms with Gasteiger partial charge in [-0.15, -0.1) is 0 Å². The van der Waals surface area contributed by atoms with Gasteiger partial charge in [0.05, 0.1) is 17.6 Å². The van der Waals surface area contributed by atoms with Crippen LogP contribution in [0.2, 0.25) is 0 Å². The highest BCUT2D eigenvalue weighted by molar-refractivity contribution is 9.10. The zero-order chi connectivity index (χ0) is 12.6. The van der Waals surface area contributed by atoms with E-state index < -0.39 is 9.05 Å². The average molecular weight is 336 g/mol. The van der Waals surface area contributed by atoms with Crippen molar-refractivity contribution in [3.63, 3.8) is 0 Å². The molecule has 1 aromatic heterocycles. The number of hydrogen-bond acceptors (Lipinski definition) is 3. The molecule has 0 fully saturated rings. The van der Waals surface area contributed by atoms with Crippen molar-refractivity contribution in [3.8, 4) is 5.69 Å². The molecule has 1 aromatic carbocycles. The third-order valence-electron chi connectivity index (χ3n) is 2.31. The molecule has 0 aliphatic rings. The Labute approximate surface area is 112 Å². The van der Waals surface area contributed by atoms with Gasteiger partial charge in [-0.3, -0.25) is 0 Å². The van der Waals surface area contributed by atoms with Crippen LogP contribution >= 0.6 is 26.6 Å². The molecule has 0 radical (unpaired) electrons. The fourth-order valence-corrected chi connectivity index (χ4v) is 3.02. The minimum atomic E-state index is -3.76. The monoisotopic (exact) mass is 334 g/mol. The van der Waals surface area contributed by atoms with Crippen molar-refractivity contribution in [2.45, 2.75) is 11.8 Å². The summed E-state index contributed by atoms with van der Waals surface area (Å²) in [6.45, 7) is 1.65. The van der Waals surface area contributed by atoms with E-state index in [0.717, 1.165) is 10.2 Å². The highest BCUT2D eigenvalue weighted by Gasteiger charge is 2.19. The molecule has 4 nitrogen and oxygen atoms in total. The molecule has 0 aliphatic heterocycles. The van der Waals surface area contributed by atoms with E-state index in [9.17, 15) is 8.42 Å². The Morgan fingerprint density at radius 1 is 1.35 bits per heavy atom. The van der Waals surface area contributed by atoms with Crippen molar-refractivity contribution in [1.82, 2.24) is 9.78 Å². The first-order valence-electron chi connectivity index (χ1n) is 4.65. The Kier molecular flexibility index (Phi) is 3.29. The molecule has 0 unspecified atom stereocenters. The Bertz CT molecular complexity index is 667. The SMILES string of the molecule is Cc1c(S(=O)(=O)Cl)cnn1-c1ccccc1Br. The van der Waals surface area contributed by atoms with Crippen LogP contribution < -0.4 is 0 Å². The number of rotatable bonds is 2. The Morgan fingerprint density at radius 3 is 2.53 bits per heavy atom. The second kappa shape index (κ2) is 4.44. The van der Waals surface area contributed by atoms with E-state index in [1.54, 1.807) is 6.92 Å². The lowest BCUT2D eigenvalue weighted by Crippen LogP contribution is -2.01. The first kappa shape index (κ1) is 12.6. The normalized spacial score (nSPS) is 11.7. The second-order valence-electron chi connectivity index (χ2n) is 3.40. The molecule has 17 heavy (non-hydrogen) atoms. The summed E-state index contributed by atoms with van der Waals surface area (Å²) in [4.78, 5) is 0.0231. The van der Waals surface area contributed by atoms with Gasteiger partial charge in [0.2, 0.25) is 0 Å². The van der Waals surface area contributed by atoms with Crippen LogP contribution in [0.1, 0.15) is 5.69 Å². The summed E-state index contributed by atoms with van der Waals surface area (Å²) in [5.41, 5.74) is 1.24. The third kappa shape index (κ3) is 2.38. The molecule has 0 aliphatic carbocycles. The lowest BCUT2D eigenvalue weighted by molar-refractivity contribution is 0.609. The lowest BCUT2D eigenvalue weighted by Gasteiger charge is -2.06. The van der Waals surface area contributed by atoms with Gasteiger partial charge in [0.15, 0.2) is 0 Å². The molecule has 0 spiro atoms. The van der Waals surface area contributed by atoms with Crippen LogP contribution in [0.15, 0.2) is 39.8 Å². The van der Waals surface area contributed by atoms with Crippen LogP contribution in [0.4, 0.5) is 0 Å². The fraction of sp³-hybridized carbons (Fsp3) is 0.100. The molecule has 2 aromatic rings. The number of halogens is 2. The standard InChI is InChI=1S/C10H8BrClN2O2S/c1-7-10(17(12,15)16)6-13-14(7)9-5-3-2-4-8(9)11/h2-6H,1H3. The Morgan fingerprint density at radius 2 is 2.00 bits per heavy atom. The molecule has 90 valence electrons. The first-order valence-corrected chi connectivity index (χ1v) is 7.75. The van der Waals surface area contributed by atoms with Crippen molar-refractivity contribution in [1.29, 1.82) is 0 Å². The van der Waals surface area contributed by atoms with Crippen LogP contribution in [-0.2, 0) is 9.05 Å². The average Bonchev–Trinajstić information content (AvgIpc) is 2.60. The summed E-state index contributed by atoms with van der Waals surface area (Å²) >= 11 is 3.38. The van der Waals surface area contributed by atoms with Gasteiger partial charge in [0, 0.05) is 15.2 Å². The number of aromatic nitrogens is 2. The van der Waals surface area contributed by atoms with Crippen LogP contribution in [0.3, 0.4) is 0 Å². The smallest absolute Gasteiger partial charge is 0.236 e. The highest BCUT2D eigenvalue weighted by Crippen LogP contribution is 2.25. The molecule has 0 amide bonds. The van der Waals surface area contributed by atoms with Crippen molar-refractivity contribution < 1.29 is 8.42 Å². The summed E-state index contributed by atoms with van der Waals surface area (Å²) < 4.78 is 24.9. The van der Waals surface area contributed by atoms with Gasteiger partial charge in [-0.1, -0.05) is 12.1 Å². The summed E-state index contributed by atoms with van der Waals surface area (Å²) in [5, 5.41) is 4.04. The summed E-state index contributed by atoms with van der Waals surface area (Å²) in [6.07, 6.45) is 1.25. The van der Waals surface area contributed by atoms with E-state index in [1.165, 1.54) is 10.9 Å². The molecule has 0 atom stereocenters. The molecule has 0 N–H and O–H groups in total. The molecular formula is C10H8BrClN2O2S. The molecule has 0 bridgehead atoms. The Balaban J connectivity index is 2.64. The van der Waals surface area contributed by atoms with Crippen molar-refractivity contribution in [2.24, 2.45) is 0 Å². The van der Waals surface area contributed by atoms with Crippen molar-refractivity contribution in [3.05, 3.63) is 40.6 Å². The van der Waals surface area contributed by atoms with Gasteiger partial charge < -0.3 is 0 Å². The molecule has 0 saturated heterocycles.